The largest absolute Gasteiger partial charge is 0.417 e. The van der Waals surface area contributed by atoms with Crippen LogP contribution in [-0.2, 0) is 6.54 Å². The first-order valence-corrected chi connectivity index (χ1v) is 8.53. The van der Waals surface area contributed by atoms with Crippen LogP contribution in [0.4, 0.5) is 0 Å². The van der Waals surface area contributed by atoms with Crippen LogP contribution in [0.25, 0.3) is 22.4 Å². The van der Waals surface area contributed by atoms with Crippen LogP contribution in [-0.4, -0.2) is 26.2 Å². The minimum absolute atomic E-state index is 0.0838. The fourth-order valence-corrected chi connectivity index (χ4v) is 2.63. The molecule has 136 valence electrons. The molecular weight excluding hydrogens is 346 g/mol. The molecular formula is C19H17N5O3. The second kappa shape index (κ2) is 6.99. The highest BCUT2D eigenvalue weighted by Gasteiger charge is 2.17. The Morgan fingerprint density at radius 2 is 2.04 bits per heavy atom. The van der Waals surface area contributed by atoms with E-state index in [0.29, 0.717) is 17.3 Å². The van der Waals surface area contributed by atoms with Gasteiger partial charge in [0, 0.05) is 23.6 Å². The number of nitrogens with one attached hydrogen (secondary N) is 1. The Hall–Kier alpha value is -3.55. The molecule has 0 bridgehead atoms. The van der Waals surface area contributed by atoms with Crippen LogP contribution >= 0.6 is 0 Å². The van der Waals surface area contributed by atoms with Crippen LogP contribution in [0.1, 0.15) is 41.9 Å². The van der Waals surface area contributed by atoms with Gasteiger partial charge in [0.15, 0.2) is 5.69 Å². The topological polar surface area (TPSA) is 107 Å². The summed E-state index contributed by atoms with van der Waals surface area (Å²) < 4.78 is 10.8. The third-order valence-electron chi connectivity index (χ3n) is 4.07. The summed E-state index contributed by atoms with van der Waals surface area (Å²) in [5, 5.41) is 16.4. The fraction of sp³-hybridized carbons (Fsp3) is 0.211. The van der Waals surface area contributed by atoms with Crippen molar-refractivity contribution in [3.8, 4) is 11.6 Å². The zero-order valence-electron chi connectivity index (χ0n) is 14.8. The lowest BCUT2D eigenvalue weighted by Crippen LogP contribution is -2.23. The average Bonchev–Trinajstić information content (AvgIpc) is 3.35. The van der Waals surface area contributed by atoms with Crippen molar-refractivity contribution >= 4 is 16.7 Å². The van der Waals surface area contributed by atoms with Gasteiger partial charge < -0.3 is 14.3 Å². The Labute approximate surface area is 154 Å². The Balaban J connectivity index is 1.49. The van der Waals surface area contributed by atoms with Crippen LogP contribution in [0, 0.1) is 0 Å². The van der Waals surface area contributed by atoms with Gasteiger partial charge >= 0.3 is 0 Å². The van der Waals surface area contributed by atoms with Gasteiger partial charge in [-0.3, -0.25) is 9.78 Å². The monoisotopic (exact) mass is 363 g/mol. The highest BCUT2D eigenvalue weighted by molar-refractivity contribution is 5.93. The number of pyridine rings is 1. The van der Waals surface area contributed by atoms with E-state index in [1.807, 2.05) is 44.2 Å². The highest BCUT2D eigenvalue weighted by Crippen LogP contribution is 2.25. The van der Waals surface area contributed by atoms with Gasteiger partial charge in [-0.25, -0.2) is 0 Å². The molecule has 0 saturated carbocycles. The lowest BCUT2D eigenvalue weighted by molar-refractivity contribution is 0.0938. The maximum atomic E-state index is 12.2. The standard InChI is InChI=1S/C19H17N5O3/c1-11(2)15-9-14(24-27-15)18(25)21-10-16-22-23-19(26-16)17-13-6-4-3-5-12(13)7-8-20-17/h3-9,11H,10H2,1-2H3,(H,21,25). The van der Waals surface area contributed by atoms with Gasteiger partial charge in [0.2, 0.25) is 5.89 Å². The molecule has 0 fully saturated rings. The fourth-order valence-electron chi connectivity index (χ4n) is 2.63. The summed E-state index contributed by atoms with van der Waals surface area (Å²) in [6, 6.07) is 11.4. The van der Waals surface area contributed by atoms with Crippen molar-refractivity contribution in [1.29, 1.82) is 0 Å². The number of benzene rings is 1. The van der Waals surface area contributed by atoms with Gasteiger partial charge in [-0.2, -0.15) is 0 Å². The number of hydrogen-bond acceptors (Lipinski definition) is 7. The Morgan fingerprint density at radius 1 is 1.19 bits per heavy atom. The van der Waals surface area contributed by atoms with Gasteiger partial charge in [0.05, 0.1) is 6.54 Å². The number of carbonyl (C=O) groups is 1. The van der Waals surface area contributed by atoms with Crippen molar-refractivity contribution in [2.75, 3.05) is 0 Å². The molecule has 3 heterocycles. The molecule has 0 atom stereocenters. The van der Waals surface area contributed by atoms with Crippen molar-refractivity contribution < 1.29 is 13.7 Å². The first-order chi connectivity index (χ1) is 13.1. The normalized spacial score (nSPS) is 11.2. The SMILES string of the molecule is CC(C)c1cc(C(=O)NCc2nnc(-c3nccc4ccccc34)o2)no1. The zero-order valence-corrected chi connectivity index (χ0v) is 14.8. The molecule has 0 aliphatic carbocycles. The van der Waals surface area contributed by atoms with Crippen LogP contribution in [0.5, 0.6) is 0 Å². The molecule has 0 radical (unpaired) electrons. The number of fused-ring (bicyclic) bond motifs is 1. The van der Waals surface area contributed by atoms with Gasteiger partial charge in [0.25, 0.3) is 11.8 Å². The molecule has 1 amide bonds. The van der Waals surface area contributed by atoms with Crippen molar-refractivity contribution in [2.45, 2.75) is 26.3 Å². The van der Waals surface area contributed by atoms with Gasteiger partial charge in [-0.15, -0.1) is 10.2 Å². The van der Waals surface area contributed by atoms with Crippen LogP contribution in [0.3, 0.4) is 0 Å². The molecule has 27 heavy (non-hydrogen) atoms. The maximum Gasteiger partial charge on any atom is 0.273 e. The van der Waals surface area contributed by atoms with Crippen LogP contribution < -0.4 is 5.32 Å². The Bertz CT molecular complexity index is 1090. The quantitative estimate of drug-likeness (QED) is 0.579. The predicted octanol–water partition coefficient (Wildman–Crippen LogP) is 3.33. The highest BCUT2D eigenvalue weighted by atomic mass is 16.5. The molecule has 4 aromatic rings. The second-order valence-corrected chi connectivity index (χ2v) is 6.33. The lowest BCUT2D eigenvalue weighted by atomic mass is 10.1. The predicted molar refractivity (Wildman–Crippen MR) is 96.8 cm³/mol. The summed E-state index contributed by atoms with van der Waals surface area (Å²) in [7, 11) is 0. The molecule has 1 aromatic carbocycles. The first-order valence-electron chi connectivity index (χ1n) is 8.53. The van der Waals surface area contributed by atoms with E-state index in [0.717, 1.165) is 10.8 Å². The molecule has 0 aliphatic rings. The zero-order chi connectivity index (χ0) is 18.8. The minimum atomic E-state index is -0.367. The Kier molecular flexibility index (Phi) is 4.37. The molecule has 3 aromatic heterocycles. The third kappa shape index (κ3) is 3.41. The number of aromatic nitrogens is 4. The van der Waals surface area contributed by atoms with Crippen LogP contribution in [0.2, 0.25) is 0 Å². The minimum Gasteiger partial charge on any atom is -0.417 e. The Morgan fingerprint density at radius 3 is 2.85 bits per heavy atom. The van der Waals surface area contributed by atoms with E-state index < -0.39 is 0 Å². The van der Waals surface area contributed by atoms with Crippen molar-refractivity contribution in [3.63, 3.8) is 0 Å². The smallest absolute Gasteiger partial charge is 0.273 e. The second-order valence-electron chi connectivity index (χ2n) is 6.33. The molecule has 0 aliphatic heterocycles. The van der Waals surface area contributed by atoms with Gasteiger partial charge in [-0.05, 0) is 11.5 Å². The molecule has 0 spiro atoms. The van der Waals surface area contributed by atoms with E-state index in [2.05, 4.69) is 25.7 Å². The molecule has 0 saturated heterocycles. The number of hydrogen-bond donors (Lipinski definition) is 1. The summed E-state index contributed by atoms with van der Waals surface area (Å²) in [6.07, 6.45) is 1.69. The first kappa shape index (κ1) is 16.9. The maximum absolute atomic E-state index is 12.2. The van der Waals surface area contributed by atoms with Crippen LogP contribution in [0.15, 0.2) is 51.5 Å². The van der Waals surface area contributed by atoms with Gasteiger partial charge in [0.1, 0.15) is 11.5 Å². The van der Waals surface area contributed by atoms with E-state index >= 15 is 0 Å². The molecule has 0 unspecified atom stereocenters. The van der Waals surface area contributed by atoms with Crippen molar-refractivity contribution in [1.82, 2.24) is 25.7 Å². The average molecular weight is 363 g/mol. The van der Waals surface area contributed by atoms with E-state index in [1.165, 1.54) is 0 Å². The van der Waals surface area contributed by atoms with Gasteiger partial charge in [-0.1, -0.05) is 43.3 Å². The summed E-state index contributed by atoms with van der Waals surface area (Å²) in [6.45, 7) is 4.01. The van der Waals surface area contributed by atoms with Crippen molar-refractivity contribution in [2.24, 2.45) is 0 Å². The number of rotatable bonds is 5. The summed E-state index contributed by atoms with van der Waals surface area (Å²) in [4.78, 5) is 16.5. The van der Waals surface area contributed by atoms with Crippen molar-refractivity contribution in [3.05, 3.63) is 59.9 Å². The van der Waals surface area contributed by atoms with E-state index in [1.54, 1.807) is 12.3 Å². The van der Waals surface area contributed by atoms with E-state index in [-0.39, 0.29) is 30.0 Å². The molecule has 1 N–H and O–H groups in total. The number of nitrogens with zero attached hydrogens (tertiary/aromatic N) is 4. The lowest BCUT2D eigenvalue weighted by Gasteiger charge is -2.01. The molecule has 4 rings (SSSR count). The summed E-state index contributed by atoms with van der Waals surface area (Å²) >= 11 is 0. The number of amides is 1. The third-order valence-corrected chi connectivity index (χ3v) is 4.07. The van der Waals surface area contributed by atoms with E-state index in [9.17, 15) is 4.79 Å². The molecule has 8 heteroatoms. The summed E-state index contributed by atoms with van der Waals surface area (Å²) in [5.41, 5.74) is 0.824. The number of carbonyl (C=O) groups excluding carboxylic acids is 1. The van der Waals surface area contributed by atoms with E-state index in [4.69, 9.17) is 8.94 Å². The molecule has 8 nitrogen and oxygen atoms in total. The summed E-state index contributed by atoms with van der Waals surface area (Å²) in [5.74, 6) is 1.03.